The van der Waals surface area contributed by atoms with Crippen LogP contribution in [0.25, 0.3) is 22.0 Å². The number of piperidine rings is 1. The fraction of sp³-hybridized carbons (Fsp3) is 0.327. The molecule has 0 spiro atoms. The van der Waals surface area contributed by atoms with Gasteiger partial charge in [0.1, 0.15) is 18.5 Å². The first-order chi connectivity index (χ1) is 30.8. The molecule has 2 heterocycles. The number of H-pyrrole nitrogens is 1. The minimum atomic E-state index is -2.23. The minimum absolute atomic E-state index is 0.0168. The van der Waals surface area contributed by atoms with Crippen LogP contribution in [0.2, 0.25) is 18.1 Å². The number of likely N-dealkylation sites (tertiary alicyclic amines) is 1. The molecule has 1 fully saturated rings. The van der Waals surface area contributed by atoms with Crippen LogP contribution in [0.3, 0.4) is 0 Å². The van der Waals surface area contributed by atoms with Gasteiger partial charge < -0.3 is 34.4 Å². The van der Waals surface area contributed by atoms with E-state index in [-0.39, 0.29) is 28.7 Å². The molecular formula is C52H61N5O6Si. The molecule has 1 aromatic heterocycles. The maximum absolute atomic E-state index is 13.0. The first kappa shape index (κ1) is 46.0. The zero-order valence-corrected chi connectivity index (χ0v) is 38.6. The maximum atomic E-state index is 13.0. The molecule has 7 rings (SSSR count). The summed E-state index contributed by atoms with van der Waals surface area (Å²) in [5.74, 6) is 0.568. The maximum Gasteiger partial charge on any atom is 0.411 e. The predicted octanol–water partition coefficient (Wildman–Crippen LogP) is 10.7. The number of pyridine rings is 1. The summed E-state index contributed by atoms with van der Waals surface area (Å²) in [5, 5.41) is 10.5. The van der Waals surface area contributed by atoms with Crippen molar-refractivity contribution in [2.45, 2.75) is 83.5 Å². The van der Waals surface area contributed by atoms with Crippen molar-refractivity contribution in [3.05, 3.63) is 161 Å². The monoisotopic (exact) mass is 879 g/mol. The van der Waals surface area contributed by atoms with E-state index in [1.807, 2.05) is 121 Å². The Labute approximate surface area is 377 Å². The van der Waals surface area contributed by atoms with Crippen LogP contribution in [-0.4, -0.2) is 62.5 Å². The van der Waals surface area contributed by atoms with Gasteiger partial charge >= 0.3 is 6.09 Å². The highest BCUT2D eigenvalue weighted by Crippen LogP contribution is 2.41. The molecule has 0 bridgehead atoms. The lowest BCUT2D eigenvalue weighted by Gasteiger charge is -2.39. The molecule has 0 unspecified atom stereocenters. The first-order valence-electron chi connectivity index (χ1n) is 22.3. The molecule has 2 amide bonds. The van der Waals surface area contributed by atoms with Crippen molar-refractivity contribution in [3.63, 3.8) is 0 Å². The minimum Gasteiger partial charge on any atom is -0.487 e. The van der Waals surface area contributed by atoms with Gasteiger partial charge in [-0.15, -0.1) is 0 Å². The molecule has 6 aromatic rings. The second kappa shape index (κ2) is 21.1. The van der Waals surface area contributed by atoms with E-state index in [2.05, 4.69) is 65.8 Å². The third-order valence-corrected chi connectivity index (χ3v) is 16.8. The lowest BCUT2D eigenvalue weighted by Crippen LogP contribution is -2.43. The average molecular weight is 880 g/mol. The number of carbonyl (C=O) groups is 2. The number of para-hydroxylation sites is 1. The van der Waals surface area contributed by atoms with E-state index < -0.39 is 14.4 Å². The van der Waals surface area contributed by atoms with Crippen molar-refractivity contribution in [1.29, 1.82) is 0 Å². The summed E-state index contributed by atoms with van der Waals surface area (Å²) < 4.78 is 19.1. The Morgan fingerprint density at radius 1 is 0.797 bits per heavy atom. The number of fused-ring (bicyclic) bond motifs is 1. The number of rotatable bonds is 17. The van der Waals surface area contributed by atoms with E-state index >= 15 is 0 Å². The smallest absolute Gasteiger partial charge is 0.411 e. The predicted molar refractivity (Wildman–Crippen MR) is 259 cm³/mol. The summed E-state index contributed by atoms with van der Waals surface area (Å²) in [6.45, 7) is 14.9. The van der Waals surface area contributed by atoms with Crippen LogP contribution in [-0.2, 0) is 27.1 Å². The summed E-state index contributed by atoms with van der Waals surface area (Å²) in [7, 11) is -2.23. The van der Waals surface area contributed by atoms with Gasteiger partial charge in [0, 0.05) is 61.8 Å². The van der Waals surface area contributed by atoms with Crippen molar-refractivity contribution >= 4 is 42.6 Å². The number of benzene rings is 5. The van der Waals surface area contributed by atoms with Gasteiger partial charge in [0.25, 0.3) is 0 Å². The molecule has 5 aromatic carbocycles. The van der Waals surface area contributed by atoms with Crippen LogP contribution in [0.15, 0.2) is 138 Å². The molecular weight excluding hydrogens is 819 g/mol. The van der Waals surface area contributed by atoms with Gasteiger partial charge in [-0.05, 0) is 83.6 Å². The Bertz CT molecular complexity index is 2530. The zero-order chi connectivity index (χ0) is 45.1. The summed E-state index contributed by atoms with van der Waals surface area (Å²) in [6.07, 6.45) is 0.861. The van der Waals surface area contributed by atoms with Crippen molar-refractivity contribution in [1.82, 2.24) is 15.2 Å². The molecule has 1 aliphatic heterocycles. The number of nitrogens with one attached hydrogen (secondary N) is 4. The summed E-state index contributed by atoms with van der Waals surface area (Å²) in [6, 6.07) is 42.9. The highest BCUT2D eigenvalue weighted by molar-refractivity contribution is 6.74. The number of hydrogen-bond donors (Lipinski definition) is 4. The quantitative estimate of drug-likeness (QED) is 0.0666. The van der Waals surface area contributed by atoms with Gasteiger partial charge in [-0.1, -0.05) is 118 Å². The normalized spacial score (nSPS) is 14.2. The lowest BCUT2D eigenvalue weighted by atomic mass is 10.0. The molecule has 0 radical (unpaired) electrons. The van der Waals surface area contributed by atoms with Crippen LogP contribution < -0.4 is 26.2 Å². The van der Waals surface area contributed by atoms with E-state index in [1.54, 1.807) is 6.07 Å². The summed E-state index contributed by atoms with van der Waals surface area (Å²) in [4.78, 5) is 43.7. The number of aromatic nitrogens is 1. The molecule has 12 heteroatoms. The van der Waals surface area contributed by atoms with Crippen molar-refractivity contribution in [3.8, 4) is 16.9 Å². The lowest BCUT2D eigenvalue weighted by molar-refractivity contribution is -0.116. The highest BCUT2D eigenvalue weighted by atomic mass is 28.4. The van der Waals surface area contributed by atoms with E-state index in [9.17, 15) is 14.4 Å². The van der Waals surface area contributed by atoms with E-state index in [1.165, 1.54) is 0 Å². The molecule has 334 valence electrons. The molecule has 11 nitrogen and oxygen atoms in total. The number of carbonyl (C=O) groups excluding carboxylic acids is 2. The topological polar surface area (TPSA) is 134 Å². The highest BCUT2D eigenvalue weighted by Gasteiger charge is 2.40. The Balaban J connectivity index is 0.886. The summed E-state index contributed by atoms with van der Waals surface area (Å²) in [5.41, 5.74) is 6.97. The second-order valence-electron chi connectivity index (χ2n) is 18.0. The number of ether oxygens (including phenoxy) is 2. The molecule has 0 saturated carbocycles. The largest absolute Gasteiger partial charge is 0.487 e. The Morgan fingerprint density at radius 2 is 1.48 bits per heavy atom. The Hall–Kier alpha value is -6.05. The van der Waals surface area contributed by atoms with E-state index in [4.69, 9.17) is 13.9 Å². The van der Waals surface area contributed by atoms with Crippen molar-refractivity contribution < 1.29 is 23.5 Å². The van der Waals surface area contributed by atoms with Gasteiger partial charge in [0.2, 0.25) is 11.5 Å². The van der Waals surface area contributed by atoms with Crippen LogP contribution in [0, 0.1) is 0 Å². The number of anilines is 2. The molecule has 4 N–H and O–H groups in total. The van der Waals surface area contributed by atoms with E-state index in [0.29, 0.717) is 62.5 Å². The Kier molecular flexibility index (Phi) is 15.1. The molecule has 1 atom stereocenters. The SMILES string of the molecule is CC(C)(C)[Si](C)(C)O[C@@H](CNCc1ccc(NC(=O)CCN2CCC(OC(=O)Nc3ccccc3-c3ccccc3)CC2)cc1)c1ccc(OCc2ccccc2)c2[nH]c(=O)ccc12. The number of amides is 2. The van der Waals surface area contributed by atoms with Crippen LogP contribution in [0.4, 0.5) is 16.2 Å². The summed E-state index contributed by atoms with van der Waals surface area (Å²) >= 11 is 0. The van der Waals surface area contributed by atoms with Crippen LogP contribution in [0.5, 0.6) is 5.75 Å². The number of hydrogen-bond acceptors (Lipinski definition) is 8. The third-order valence-electron chi connectivity index (χ3n) is 12.3. The van der Waals surface area contributed by atoms with Gasteiger partial charge in [-0.25, -0.2) is 4.79 Å². The number of nitrogens with zero attached hydrogens (tertiary/aromatic N) is 1. The standard InChI is InChI=1S/C52H61N5O6Si/c1-52(2,3)64(4,5)63-47(43-24-26-46(50-44(43)25-27-48(58)56-50)61-36-38-14-8-6-9-15-38)35-53-34-37-20-22-40(23-21-37)54-49(59)30-33-57-31-28-41(29-32-57)62-51(60)55-45-19-13-12-18-42(45)39-16-10-7-11-17-39/h6-27,41,47,53H,28-36H2,1-5H3,(H,54,59)(H,55,60)(H,56,58)/t47-/m0/s1. The van der Waals surface area contributed by atoms with Gasteiger partial charge in [-0.2, -0.15) is 0 Å². The molecule has 0 aliphatic carbocycles. The molecule has 1 aliphatic rings. The second-order valence-corrected chi connectivity index (χ2v) is 22.8. The van der Waals surface area contributed by atoms with Crippen LogP contribution in [0.1, 0.15) is 62.8 Å². The molecule has 64 heavy (non-hydrogen) atoms. The van der Waals surface area contributed by atoms with Crippen molar-refractivity contribution in [2.24, 2.45) is 0 Å². The fourth-order valence-corrected chi connectivity index (χ4v) is 8.95. The molecule has 1 saturated heterocycles. The van der Waals surface area contributed by atoms with Crippen molar-refractivity contribution in [2.75, 3.05) is 36.8 Å². The first-order valence-corrected chi connectivity index (χ1v) is 25.2. The number of aromatic amines is 1. The average Bonchev–Trinajstić information content (AvgIpc) is 3.28. The van der Waals surface area contributed by atoms with Crippen LogP contribution >= 0.6 is 0 Å². The fourth-order valence-electron chi connectivity index (χ4n) is 7.67. The van der Waals surface area contributed by atoms with Gasteiger partial charge in [0.15, 0.2) is 8.32 Å². The van der Waals surface area contributed by atoms with E-state index in [0.717, 1.165) is 52.0 Å². The van der Waals surface area contributed by atoms with Gasteiger partial charge in [0.05, 0.1) is 17.3 Å². The van der Waals surface area contributed by atoms with Gasteiger partial charge in [-0.3, -0.25) is 14.9 Å². The Morgan fingerprint density at radius 3 is 2.20 bits per heavy atom. The zero-order valence-electron chi connectivity index (χ0n) is 37.6. The third kappa shape index (κ3) is 12.4.